The van der Waals surface area contributed by atoms with Crippen LogP contribution in [0.2, 0.25) is 0 Å². The van der Waals surface area contributed by atoms with Crippen LogP contribution in [0.15, 0.2) is 54.7 Å². The molecule has 5 nitrogen and oxygen atoms in total. The summed E-state index contributed by atoms with van der Waals surface area (Å²) in [6.07, 6.45) is 1.75. The topological polar surface area (TPSA) is 51.1 Å². The first-order chi connectivity index (χ1) is 12.1. The first kappa shape index (κ1) is 16.9. The molecule has 0 unspecified atom stereocenters. The Hall–Kier alpha value is -2.95. The average Bonchev–Trinajstić information content (AvgIpc) is 2.65. The number of rotatable bonds is 6. The fraction of sp³-hybridized carbons (Fsp3) is 0.250. The van der Waals surface area contributed by atoms with Crippen molar-refractivity contribution in [1.82, 2.24) is 15.0 Å². The van der Waals surface area contributed by atoms with Crippen LogP contribution >= 0.6 is 0 Å². The van der Waals surface area contributed by atoms with E-state index in [-0.39, 0.29) is 0 Å². The summed E-state index contributed by atoms with van der Waals surface area (Å²) in [5.41, 5.74) is 2.81. The van der Waals surface area contributed by atoms with Crippen molar-refractivity contribution in [3.63, 3.8) is 0 Å². The van der Waals surface area contributed by atoms with Crippen LogP contribution in [0.5, 0.6) is 5.75 Å². The number of likely N-dealkylation sites (N-methyl/N-ethyl adjacent to an activating group) is 1. The number of aromatic nitrogens is 3. The maximum Gasteiger partial charge on any atom is 0.180 e. The second kappa shape index (κ2) is 7.75. The molecule has 0 aliphatic carbocycles. The minimum absolute atomic E-state index is 0.585. The lowest BCUT2D eigenvalue weighted by Gasteiger charge is -2.21. The van der Waals surface area contributed by atoms with Crippen LogP contribution in [0.25, 0.3) is 11.5 Å². The normalized spacial score (nSPS) is 10.5. The summed E-state index contributed by atoms with van der Waals surface area (Å²) < 4.78 is 5.79. The number of benzene rings is 1. The minimum Gasteiger partial charge on any atom is -0.492 e. The molecule has 0 spiro atoms. The summed E-state index contributed by atoms with van der Waals surface area (Å²) >= 11 is 0. The first-order valence-corrected chi connectivity index (χ1v) is 8.31. The Morgan fingerprint density at radius 2 is 1.72 bits per heavy atom. The highest BCUT2D eigenvalue weighted by atomic mass is 16.5. The molecule has 0 N–H and O–H groups in total. The summed E-state index contributed by atoms with van der Waals surface area (Å²) in [7, 11) is 2.02. The van der Waals surface area contributed by atoms with Crippen LogP contribution in [0.4, 0.5) is 5.82 Å². The third kappa shape index (κ3) is 4.12. The standard InChI is InChI=1S/C20H22N4O/c1-15-16(2)22-19(18-11-7-8-12-21-18)23-20(15)24(3)13-14-25-17-9-5-4-6-10-17/h4-12H,13-14H2,1-3H3. The van der Waals surface area contributed by atoms with Gasteiger partial charge in [-0.1, -0.05) is 24.3 Å². The Labute approximate surface area is 148 Å². The number of hydrogen-bond acceptors (Lipinski definition) is 5. The molecule has 1 aromatic carbocycles. The SMILES string of the molecule is Cc1nc(-c2ccccn2)nc(N(C)CCOc2ccccc2)c1C. The molecule has 5 heteroatoms. The molecular formula is C20H22N4O. The van der Waals surface area contributed by atoms with Gasteiger partial charge in [-0.2, -0.15) is 0 Å². The number of para-hydroxylation sites is 1. The van der Waals surface area contributed by atoms with Crippen LogP contribution in [-0.4, -0.2) is 35.2 Å². The molecular weight excluding hydrogens is 312 g/mol. The molecule has 3 rings (SSSR count). The van der Waals surface area contributed by atoms with E-state index in [9.17, 15) is 0 Å². The molecule has 0 fully saturated rings. The highest BCUT2D eigenvalue weighted by Crippen LogP contribution is 2.22. The molecule has 0 saturated heterocycles. The van der Waals surface area contributed by atoms with Gasteiger partial charge in [0.15, 0.2) is 5.82 Å². The summed E-state index contributed by atoms with van der Waals surface area (Å²) in [5.74, 6) is 2.43. The van der Waals surface area contributed by atoms with Crippen LogP contribution < -0.4 is 9.64 Å². The van der Waals surface area contributed by atoms with Gasteiger partial charge in [-0.05, 0) is 38.1 Å². The third-order valence-corrected chi connectivity index (χ3v) is 4.06. The third-order valence-electron chi connectivity index (χ3n) is 4.06. The molecule has 0 saturated carbocycles. The molecule has 25 heavy (non-hydrogen) atoms. The van der Waals surface area contributed by atoms with E-state index in [1.54, 1.807) is 6.20 Å². The lowest BCUT2D eigenvalue weighted by Crippen LogP contribution is -2.26. The van der Waals surface area contributed by atoms with Gasteiger partial charge in [0.2, 0.25) is 0 Å². The fourth-order valence-corrected chi connectivity index (χ4v) is 2.52. The number of ether oxygens (including phenoxy) is 1. The van der Waals surface area contributed by atoms with Gasteiger partial charge < -0.3 is 9.64 Å². The van der Waals surface area contributed by atoms with E-state index < -0.39 is 0 Å². The molecule has 0 atom stereocenters. The van der Waals surface area contributed by atoms with E-state index in [1.807, 2.05) is 69.4 Å². The Balaban J connectivity index is 1.75. The number of anilines is 1. The van der Waals surface area contributed by atoms with E-state index in [4.69, 9.17) is 9.72 Å². The number of pyridine rings is 1. The molecule has 0 amide bonds. The van der Waals surface area contributed by atoms with Gasteiger partial charge in [0.1, 0.15) is 23.9 Å². The number of hydrogen-bond donors (Lipinski definition) is 0. The lowest BCUT2D eigenvalue weighted by atomic mass is 10.2. The highest BCUT2D eigenvalue weighted by Gasteiger charge is 2.13. The van der Waals surface area contributed by atoms with Crippen molar-refractivity contribution < 1.29 is 4.74 Å². The quantitative estimate of drug-likeness (QED) is 0.688. The summed E-state index contributed by atoms with van der Waals surface area (Å²) in [5, 5.41) is 0. The number of aryl methyl sites for hydroxylation is 1. The smallest absolute Gasteiger partial charge is 0.180 e. The van der Waals surface area contributed by atoms with E-state index in [2.05, 4.69) is 14.9 Å². The predicted molar refractivity (Wildman–Crippen MR) is 99.9 cm³/mol. The zero-order valence-corrected chi connectivity index (χ0v) is 14.8. The van der Waals surface area contributed by atoms with Crippen LogP contribution in [0.3, 0.4) is 0 Å². The molecule has 3 aromatic rings. The Morgan fingerprint density at radius 1 is 0.960 bits per heavy atom. The molecule has 0 bridgehead atoms. The fourth-order valence-electron chi connectivity index (χ4n) is 2.52. The lowest BCUT2D eigenvalue weighted by molar-refractivity contribution is 0.325. The van der Waals surface area contributed by atoms with Crippen molar-refractivity contribution in [3.05, 3.63) is 66.0 Å². The van der Waals surface area contributed by atoms with Gasteiger partial charge in [-0.3, -0.25) is 4.98 Å². The van der Waals surface area contributed by atoms with Crippen molar-refractivity contribution in [1.29, 1.82) is 0 Å². The Kier molecular flexibility index (Phi) is 5.23. The van der Waals surface area contributed by atoms with E-state index in [1.165, 1.54) is 0 Å². The van der Waals surface area contributed by atoms with Crippen LogP contribution in [0.1, 0.15) is 11.3 Å². The predicted octanol–water partition coefficient (Wildman–Crippen LogP) is 3.67. The zero-order valence-electron chi connectivity index (χ0n) is 14.8. The highest BCUT2D eigenvalue weighted by molar-refractivity contribution is 5.57. The Bertz CT molecular complexity index is 822. The second-order valence-corrected chi connectivity index (χ2v) is 5.88. The van der Waals surface area contributed by atoms with Crippen molar-refractivity contribution in [3.8, 4) is 17.3 Å². The van der Waals surface area contributed by atoms with Crippen molar-refractivity contribution in [2.24, 2.45) is 0 Å². The molecule has 0 aliphatic rings. The number of nitrogens with zero attached hydrogens (tertiary/aromatic N) is 4. The van der Waals surface area contributed by atoms with Gasteiger partial charge in [-0.15, -0.1) is 0 Å². The average molecular weight is 334 g/mol. The summed E-state index contributed by atoms with van der Waals surface area (Å²) in [6, 6.07) is 15.6. The zero-order chi connectivity index (χ0) is 17.6. The largest absolute Gasteiger partial charge is 0.492 e. The minimum atomic E-state index is 0.585. The van der Waals surface area contributed by atoms with Crippen molar-refractivity contribution in [2.45, 2.75) is 13.8 Å². The monoisotopic (exact) mass is 334 g/mol. The van der Waals surface area contributed by atoms with Crippen molar-refractivity contribution >= 4 is 5.82 Å². The van der Waals surface area contributed by atoms with E-state index in [0.717, 1.165) is 35.1 Å². The molecule has 0 radical (unpaired) electrons. The van der Waals surface area contributed by atoms with Gasteiger partial charge in [0, 0.05) is 24.5 Å². The maximum absolute atomic E-state index is 5.79. The van der Waals surface area contributed by atoms with Crippen LogP contribution in [0, 0.1) is 13.8 Å². The molecule has 2 heterocycles. The van der Waals surface area contributed by atoms with E-state index >= 15 is 0 Å². The molecule has 128 valence electrons. The van der Waals surface area contributed by atoms with Gasteiger partial charge >= 0.3 is 0 Å². The van der Waals surface area contributed by atoms with Gasteiger partial charge in [-0.25, -0.2) is 9.97 Å². The molecule has 2 aromatic heterocycles. The van der Waals surface area contributed by atoms with Crippen LogP contribution in [-0.2, 0) is 0 Å². The van der Waals surface area contributed by atoms with Gasteiger partial charge in [0.05, 0.1) is 6.54 Å². The van der Waals surface area contributed by atoms with E-state index in [0.29, 0.717) is 12.4 Å². The maximum atomic E-state index is 5.79. The Morgan fingerprint density at radius 3 is 2.44 bits per heavy atom. The van der Waals surface area contributed by atoms with Gasteiger partial charge in [0.25, 0.3) is 0 Å². The molecule has 0 aliphatic heterocycles. The summed E-state index contributed by atoms with van der Waals surface area (Å²) in [4.78, 5) is 15.8. The second-order valence-electron chi connectivity index (χ2n) is 5.88. The summed E-state index contributed by atoms with van der Waals surface area (Å²) in [6.45, 7) is 5.36. The first-order valence-electron chi connectivity index (χ1n) is 8.31. The van der Waals surface area contributed by atoms with Crippen molar-refractivity contribution in [2.75, 3.05) is 25.1 Å².